The lowest BCUT2D eigenvalue weighted by Crippen LogP contribution is -2.13. The number of ether oxygens (including phenoxy) is 1. The second-order valence-electron chi connectivity index (χ2n) is 9.84. The van der Waals surface area contributed by atoms with Crippen LogP contribution in [0.5, 0.6) is 5.75 Å². The molecule has 0 unspecified atom stereocenters. The minimum absolute atomic E-state index is 0.0100. The van der Waals surface area contributed by atoms with Gasteiger partial charge in [0.1, 0.15) is 0 Å². The van der Waals surface area contributed by atoms with E-state index in [1.807, 2.05) is 12.1 Å². The van der Waals surface area contributed by atoms with Crippen molar-refractivity contribution in [2.24, 2.45) is 5.92 Å². The molecule has 3 rings (SSSR count). The third-order valence-corrected chi connectivity index (χ3v) is 7.31. The van der Waals surface area contributed by atoms with Gasteiger partial charge in [0.25, 0.3) is 0 Å². The van der Waals surface area contributed by atoms with Crippen molar-refractivity contribution in [2.45, 2.75) is 103 Å². The quantitative estimate of drug-likeness (QED) is 0.272. The van der Waals surface area contributed by atoms with Crippen LogP contribution in [0.25, 0.3) is 11.1 Å². The number of rotatable bonds is 13. The Labute approximate surface area is 199 Å². The highest BCUT2D eigenvalue weighted by atomic mass is 19.2. The van der Waals surface area contributed by atoms with Gasteiger partial charge in [-0.05, 0) is 67.2 Å². The lowest BCUT2D eigenvalue weighted by atomic mass is 9.77. The summed E-state index contributed by atoms with van der Waals surface area (Å²) in [5.41, 5.74) is 2.35. The predicted octanol–water partition coefficient (Wildman–Crippen LogP) is 9.84. The first kappa shape index (κ1) is 25.7. The zero-order chi connectivity index (χ0) is 23.5. The molecule has 0 saturated heterocycles. The van der Waals surface area contributed by atoms with Crippen molar-refractivity contribution in [1.29, 1.82) is 0 Å². The van der Waals surface area contributed by atoms with E-state index in [1.165, 1.54) is 63.4 Å². The SMILES string of the molecule is CCCCCCOc1ccc(-c2ccc(C3CCC(CCCCCC)CC3)cc2)c(F)c1F. The van der Waals surface area contributed by atoms with Crippen LogP contribution in [0.2, 0.25) is 0 Å². The van der Waals surface area contributed by atoms with E-state index in [0.717, 1.165) is 31.6 Å². The van der Waals surface area contributed by atoms with Gasteiger partial charge in [0.2, 0.25) is 5.82 Å². The molecule has 1 nitrogen and oxygen atoms in total. The van der Waals surface area contributed by atoms with Crippen molar-refractivity contribution in [3.8, 4) is 16.9 Å². The fourth-order valence-electron chi connectivity index (χ4n) is 5.16. The topological polar surface area (TPSA) is 9.23 Å². The molecule has 0 atom stereocenters. The second-order valence-corrected chi connectivity index (χ2v) is 9.84. The predicted molar refractivity (Wildman–Crippen MR) is 135 cm³/mol. The summed E-state index contributed by atoms with van der Waals surface area (Å²) in [7, 11) is 0. The Kier molecular flexibility index (Phi) is 10.7. The van der Waals surface area contributed by atoms with Crippen LogP contribution in [0, 0.1) is 17.6 Å². The number of halogens is 2. The molecule has 1 saturated carbocycles. The van der Waals surface area contributed by atoms with Crippen molar-refractivity contribution in [3.05, 3.63) is 53.6 Å². The van der Waals surface area contributed by atoms with E-state index in [4.69, 9.17) is 4.74 Å². The fraction of sp³-hybridized carbons (Fsp3) is 0.600. The van der Waals surface area contributed by atoms with E-state index in [2.05, 4.69) is 26.0 Å². The molecule has 33 heavy (non-hydrogen) atoms. The highest BCUT2D eigenvalue weighted by Crippen LogP contribution is 2.38. The maximum absolute atomic E-state index is 14.8. The Bertz CT molecular complexity index is 822. The monoisotopic (exact) mass is 456 g/mol. The highest BCUT2D eigenvalue weighted by Gasteiger charge is 2.22. The molecule has 1 aliphatic carbocycles. The van der Waals surface area contributed by atoms with Crippen LogP contribution in [0.4, 0.5) is 8.78 Å². The molecule has 0 aromatic heterocycles. The molecule has 0 bridgehead atoms. The maximum Gasteiger partial charge on any atom is 0.201 e. The molecule has 0 amide bonds. The molecular formula is C30H42F2O. The van der Waals surface area contributed by atoms with Crippen LogP contribution < -0.4 is 4.74 Å². The number of hydrogen-bond donors (Lipinski definition) is 0. The molecule has 182 valence electrons. The van der Waals surface area contributed by atoms with Crippen LogP contribution in [0.15, 0.2) is 36.4 Å². The van der Waals surface area contributed by atoms with Crippen molar-refractivity contribution in [1.82, 2.24) is 0 Å². The van der Waals surface area contributed by atoms with Gasteiger partial charge in [-0.2, -0.15) is 4.39 Å². The maximum atomic E-state index is 14.8. The molecule has 1 fully saturated rings. The third kappa shape index (κ3) is 7.55. The molecule has 0 radical (unpaired) electrons. The number of benzene rings is 2. The minimum Gasteiger partial charge on any atom is -0.490 e. The van der Waals surface area contributed by atoms with Gasteiger partial charge in [-0.25, -0.2) is 4.39 Å². The zero-order valence-electron chi connectivity index (χ0n) is 20.7. The van der Waals surface area contributed by atoms with Crippen LogP contribution in [-0.2, 0) is 0 Å². The zero-order valence-corrected chi connectivity index (χ0v) is 20.7. The van der Waals surface area contributed by atoms with Crippen LogP contribution in [0.3, 0.4) is 0 Å². The lowest BCUT2D eigenvalue weighted by molar-refractivity contribution is 0.285. The van der Waals surface area contributed by atoms with Crippen LogP contribution >= 0.6 is 0 Å². The Morgan fingerprint density at radius 2 is 1.39 bits per heavy atom. The van der Waals surface area contributed by atoms with Crippen molar-refractivity contribution in [2.75, 3.05) is 6.61 Å². The van der Waals surface area contributed by atoms with Crippen molar-refractivity contribution in [3.63, 3.8) is 0 Å². The smallest absolute Gasteiger partial charge is 0.201 e. The summed E-state index contributed by atoms with van der Waals surface area (Å²) in [6.07, 6.45) is 16.1. The molecular weight excluding hydrogens is 414 g/mol. The van der Waals surface area contributed by atoms with Gasteiger partial charge in [0.15, 0.2) is 11.6 Å². The molecule has 1 aliphatic rings. The Hall–Kier alpha value is -1.90. The van der Waals surface area contributed by atoms with Gasteiger partial charge in [0, 0.05) is 5.56 Å². The lowest BCUT2D eigenvalue weighted by Gasteiger charge is -2.29. The first-order valence-electron chi connectivity index (χ1n) is 13.3. The Balaban J connectivity index is 1.54. The molecule has 0 heterocycles. The Morgan fingerprint density at radius 1 is 0.727 bits per heavy atom. The van der Waals surface area contributed by atoms with Gasteiger partial charge in [-0.15, -0.1) is 0 Å². The molecule has 0 N–H and O–H groups in total. The van der Waals surface area contributed by atoms with E-state index in [9.17, 15) is 8.78 Å². The van der Waals surface area contributed by atoms with Crippen LogP contribution in [0.1, 0.15) is 109 Å². The summed E-state index contributed by atoms with van der Waals surface area (Å²) in [4.78, 5) is 0. The van der Waals surface area contributed by atoms with Gasteiger partial charge in [-0.1, -0.05) is 89.5 Å². The number of hydrogen-bond acceptors (Lipinski definition) is 1. The first-order chi connectivity index (χ1) is 16.1. The van der Waals surface area contributed by atoms with E-state index in [1.54, 1.807) is 12.1 Å². The average molecular weight is 457 g/mol. The summed E-state index contributed by atoms with van der Waals surface area (Å²) in [5, 5.41) is 0. The van der Waals surface area contributed by atoms with E-state index in [0.29, 0.717) is 23.7 Å². The second kappa shape index (κ2) is 13.7. The first-order valence-corrected chi connectivity index (χ1v) is 13.3. The highest BCUT2D eigenvalue weighted by molar-refractivity contribution is 5.65. The molecule has 2 aromatic carbocycles. The standard InChI is InChI=1S/C30H42F2O/c1-3-5-7-9-11-23-12-14-24(15-13-23)25-16-18-26(19-17-25)27-20-21-28(30(32)29(27)31)33-22-10-8-6-4-2/h16-21,23-24H,3-15,22H2,1-2H3. The van der Waals surface area contributed by atoms with Gasteiger partial charge >= 0.3 is 0 Å². The fourth-order valence-corrected chi connectivity index (χ4v) is 5.16. The average Bonchev–Trinajstić information content (AvgIpc) is 2.85. The largest absolute Gasteiger partial charge is 0.490 e. The Morgan fingerprint density at radius 3 is 2.06 bits per heavy atom. The summed E-state index contributed by atoms with van der Waals surface area (Å²) in [6.45, 7) is 4.83. The molecule has 0 spiro atoms. The van der Waals surface area contributed by atoms with Crippen LogP contribution in [-0.4, -0.2) is 6.61 Å². The van der Waals surface area contributed by atoms with E-state index in [-0.39, 0.29) is 5.75 Å². The van der Waals surface area contributed by atoms with Crippen molar-refractivity contribution < 1.29 is 13.5 Å². The van der Waals surface area contributed by atoms with Gasteiger partial charge in [-0.3, -0.25) is 0 Å². The molecule has 0 aliphatic heterocycles. The summed E-state index contributed by atoms with van der Waals surface area (Å²) >= 11 is 0. The van der Waals surface area contributed by atoms with E-state index >= 15 is 0 Å². The van der Waals surface area contributed by atoms with Gasteiger partial charge < -0.3 is 4.74 Å². The van der Waals surface area contributed by atoms with E-state index < -0.39 is 11.6 Å². The summed E-state index contributed by atoms with van der Waals surface area (Å²) in [6, 6.07) is 11.3. The normalized spacial score (nSPS) is 18.4. The molecule has 2 aromatic rings. The molecule has 3 heteroatoms. The van der Waals surface area contributed by atoms with Crippen molar-refractivity contribution >= 4 is 0 Å². The summed E-state index contributed by atoms with van der Waals surface area (Å²) in [5.74, 6) is -0.213. The third-order valence-electron chi connectivity index (χ3n) is 7.31. The van der Waals surface area contributed by atoms with Gasteiger partial charge in [0.05, 0.1) is 6.61 Å². The number of unbranched alkanes of at least 4 members (excludes halogenated alkanes) is 6. The summed E-state index contributed by atoms with van der Waals surface area (Å²) < 4.78 is 34.8. The minimum atomic E-state index is -0.885.